The number of hydrogen-bond donors (Lipinski definition) is 2. The zero-order valence-corrected chi connectivity index (χ0v) is 8.52. The van der Waals surface area contributed by atoms with Crippen molar-refractivity contribution in [3.05, 3.63) is 34.1 Å². The normalized spacial score (nSPS) is 10.1. The molecule has 0 bridgehead atoms. The third-order valence-electron chi connectivity index (χ3n) is 1.53. The Bertz CT molecular complexity index is 476. The predicted octanol–water partition coefficient (Wildman–Crippen LogP) is 3.13. The van der Waals surface area contributed by atoms with Crippen molar-refractivity contribution in [1.29, 1.82) is 0 Å². The summed E-state index contributed by atoms with van der Waals surface area (Å²) in [6.45, 7) is 0. The van der Waals surface area contributed by atoms with E-state index in [1.165, 1.54) is 0 Å². The maximum atomic E-state index is 5.73. The molecule has 4 nitrogen and oxygen atoms in total. The molecule has 14 heavy (non-hydrogen) atoms. The molecule has 1 aromatic carbocycles. The molecule has 0 radical (unpaired) electrons. The Morgan fingerprint density at radius 2 is 2.07 bits per heavy atom. The number of rotatable bonds is 2. The second-order valence-electron chi connectivity index (χ2n) is 2.55. The van der Waals surface area contributed by atoms with E-state index in [1.807, 2.05) is 12.1 Å². The number of aromatic nitrogens is 2. The fourth-order valence-electron chi connectivity index (χ4n) is 0.940. The number of nitrogens with zero attached hydrogens (tertiary/aromatic N) is 1. The van der Waals surface area contributed by atoms with E-state index < -0.39 is 0 Å². The van der Waals surface area contributed by atoms with E-state index in [0.717, 1.165) is 5.69 Å². The summed E-state index contributed by atoms with van der Waals surface area (Å²) in [5, 5.41) is 9.90. The van der Waals surface area contributed by atoms with Gasteiger partial charge in [0.1, 0.15) is 0 Å². The van der Waals surface area contributed by atoms with Crippen LogP contribution in [0, 0.1) is 4.84 Å². The molecule has 0 saturated carbocycles. The van der Waals surface area contributed by atoms with Gasteiger partial charge in [-0.1, -0.05) is 11.6 Å². The largest absolute Gasteiger partial charge is 0.396 e. The van der Waals surface area contributed by atoms with Crippen LogP contribution >= 0.6 is 23.8 Å². The van der Waals surface area contributed by atoms with Crippen molar-refractivity contribution in [2.75, 3.05) is 5.32 Å². The summed E-state index contributed by atoms with van der Waals surface area (Å²) in [6, 6.07) is 7.50. The smallest absolute Gasteiger partial charge is 0.318 e. The first-order chi connectivity index (χ1) is 6.74. The summed E-state index contributed by atoms with van der Waals surface area (Å²) < 4.78 is 5.02. The molecule has 0 saturated heterocycles. The maximum Gasteiger partial charge on any atom is 0.318 e. The Morgan fingerprint density at radius 3 is 2.64 bits per heavy atom. The average Bonchev–Trinajstić information content (AvgIpc) is 2.56. The van der Waals surface area contributed by atoms with Crippen LogP contribution in [0.5, 0.6) is 0 Å². The minimum absolute atomic E-state index is 0.237. The molecular formula is C8H6ClN3OS. The average molecular weight is 228 g/mol. The van der Waals surface area contributed by atoms with E-state index in [0.29, 0.717) is 11.0 Å². The van der Waals surface area contributed by atoms with Crippen molar-refractivity contribution in [1.82, 2.24) is 10.2 Å². The first kappa shape index (κ1) is 9.23. The predicted molar refractivity (Wildman–Crippen MR) is 56.4 cm³/mol. The third-order valence-corrected chi connectivity index (χ3v) is 1.96. The highest BCUT2D eigenvalue weighted by molar-refractivity contribution is 7.71. The van der Waals surface area contributed by atoms with Crippen LogP contribution in [0.15, 0.2) is 28.7 Å². The molecule has 6 heteroatoms. The van der Waals surface area contributed by atoms with Gasteiger partial charge >= 0.3 is 6.01 Å². The standard InChI is InChI=1S/C8H6ClN3OS/c9-5-1-3-6(4-2-5)10-7-11-12-8(14)13-7/h1-4H,(H,10,11)(H,12,14). The molecular weight excluding hydrogens is 222 g/mol. The zero-order chi connectivity index (χ0) is 9.97. The monoisotopic (exact) mass is 227 g/mol. The fraction of sp³-hybridized carbons (Fsp3) is 0. The van der Waals surface area contributed by atoms with Crippen molar-refractivity contribution >= 4 is 35.5 Å². The van der Waals surface area contributed by atoms with E-state index in [1.54, 1.807) is 12.1 Å². The van der Waals surface area contributed by atoms with Crippen LogP contribution in [-0.4, -0.2) is 10.2 Å². The number of nitrogens with one attached hydrogen (secondary N) is 2. The van der Waals surface area contributed by atoms with Crippen molar-refractivity contribution in [3.8, 4) is 0 Å². The Kier molecular flexibility index (Phi) is 2.51. The van der Waals surface area contributed by atoms with Crippen LogP contribution in [0.1, 0.15) is 0 Å². The molecule has 0 atom stereocenters. The molecule has 72 valence electrons. The van der Waals surface area contributed by atoms with Crippen LogP contribution in [0.4, 0.5) is 11.7 Å². The van der Waals surface area contributed by atoms with E-state index in [-0.39, 0.29) is 4.84 Å². The number of halogens is 1. The summed E-state index contributed by atoms with van der Waals surface area (Å²) in [6.07, 6.45) is 0. The molecule has 2 aromatic rings. The van der Waals surface area contributed by atoms with E-state index in [2.05, 4.69) is 15.5 Å². The molecule has 0 unspecified atom stereocenters. The maximum absolute atomic E-state index is 5.73. The van der Waals surface area contributed by atoms with Crippen LogP contribution in [0.3, 0.4) is 0 Å². The fourth-order valence-corrected chi connectivity index (χ4v) is 1.19. The van der Waals surface area contributed by atoms with Gasteiger partial charge in [-0.2, -0.15) is 0 Å². The molecule has 2 N–H and O–H groups in total. The quantitative estimate of drug-likeness (QED) is 0.774. The van der Waals surface area contributed by atoms with Gasteiger partial charge in [0.25, 0.3) is 4.84 Å². The Balaban J connectivity index is 2.19. The lowest BCUT2D eigenvalue weighted by Gasteiger charge is -1.99. The summed E-state index contributed by atoms with van der Waals surface area (Å²) in [4.78, 5) is 0.237. The van der Waals surface area contributed by atoms with Gasteiger partial charge in [-0.15, -0.1) is 5.10 Å². The van der Waals surface area contributed by atoms with Gasteiger partial charge in [0.05, 0.1) is 0 Å². The van der Waals surface area contributed by atoms with Crippen LogP contribution in [-0.2, 0) is 0 Å². The molecule has 0 aliphatic carbocycles. The van der Waals surface area contributed by atoms with Crippen LogP contribution < -0.4 is 5.32 Å². The van der Waals surface area contributed by atoms with Gasteiger partial charge in [-0.3, -0.25) is 0 Å². The molecule has 0 spiro atoms. The molecule has 0 fully saturated rings. The summed E-state index contributed by atoms with van der Waals surface area (Å²) in [5.74, 6) is 0. The number of benzene rings is 1. The SMILES string of the molecule is S=c1[nH]nc(Nc2ccc(Cl)cc2)o1. The van der Waals surface area contributed by atoms with E-state index in [9.17, 15) is 0 Å². The lowest BCUT2D eigenvalue weighted by atomic mass is 10.3. The van der Waals surface area contributed by atoms with E-state index >= 15 is 0 Å². The molecule has 2 rings (SSSR count). The van der Waals surface area contributed by atoms with Gasteiger partial charge in [0.2, 0.25) is 0 Å². The summed E-state index contributed by atoms with van der Waals surface area (Å²) >= 11 is 10.5. The zero-order valence-electron chi connectivity index (χ0n) is 6.95. The van der Waals surface area contributed by atoms with Crippen molar-refractivity contribution in [2.45, 2.75) is 0 Å². The lowest BCUT2D eigenvalue weighted by molar-refractivity contribution is 0.555. The first-order valence-corrected chi connectivity index (χ1v) is 4.61. The molecule has 0 aliphatic heterocycles. The number of H-pyrrole nitrogens is 1. The Hall–Kier alpha value is -1.33. The summed E-state index contributed by atoms with van der Waals surface area (Å²) in [7, 11) is 0. The molecule has 0 aliphatic rings. The lowest BCUT2D eigenvalue weighted by Crippen LogP contribution is -1.89. The Labute approximate surface area is 89.9 Å². The highest BCUT2D eigenvalue weighted by Crippen LogP contribution is 2.16. The van der Waals surface area contributed by atoms with Gasteiger partial charge < -0.3 is 9.73 Å². The molecule has 1 heterocycles. The second kappa shape index (κ2) is 3.81. The van der Waals surface area contributed by atoms with Crippen molar-refractivity contribution < 1.29 is 4.42 Å². The number of hydrogen-bond acceptors (Lipinski definition) is 4. The third kappa shape index (κ3) is 2.12. The number of anilines is 2. The van der Waals surface area contributed by atoms with Gasteiger partial charge in [0, 0.05) is 10.7 Å². The second-order valence-corrected chi connectivity index (χ2v) is 3.36. The summed E-state index contributed by atoms with van der Waals surface area (Å²) in [5.41, 5.74) is 0.833. The topological polar surface area (TPSA) is 53.9 Å². The van der Waals surface area contributed by atoms with Gasteiger partial charge in [-0.05, 0) is 36.5 Å². The van der Waals surface area contributed by atoms with Crippen molar-refractivity contribution in [3.63, 3.8) is 0 Å². The first-order valence-electron chi connectivity index (χ1n) is 3.82. The molecule has 1 aromatic heterocycles. The molecule has 0 amide bonds. The highest BCUT2D eigenvalue weighted by atomic mass is 35.5. The minimum atomic E-state index is 0.237. The Morgan fingerprint density at radius 1 is 1.36 bits per heavy atom. The van der Waals surface area contributed by atoms with Gasteiger partial charge in [0.15, 0.2) is 0 Å². The number of aromatic amines is 1. The highest BCUT2D eigenvalue weighted by Gasteiger charge is 1.98. The van der Waals surface area contributed by atoms with Crippen LogP contribution in [0.25, 0.3) is 0 Å². The van der Waals surface area contributed by atoms with Crippen molar-refractivity contribution in [2.24, 2.45) is 0 Å². The van der Waals surface area contributed by atoms with E-state index in [4.69, 9.17) is 28.2 Å². The van der Waals surface area contributed by atoms with Crippen LogP contribution in [0.2, 0.25) is 5.02 Å². The van der Waals surface area contributed by atoms with Gasteiger partial charge in [-0.25, -0.2) is 5.10 Å². The minimum Gasteiger partial charge on any atom is -0.396 e.